The predicted molar refractivity (Wildman–Crippen MR) is 138 cm³/mol. The maximum absolute atomic E-state index is 12.3. The van der Waals surface area contributed by atoms with Crippen molar-refractivity contribution >= 4 is 11.6 Å². The van der Waals surface area contributed by atoms with Crippen LogP contribution in [0.1, 0.15) is 19.0 Å². The zero-order valence-corrected chi connectivity index (χ0v) is 20.6. The Labute approximate surface area is 207 Å². The number of carbonyl (C=O) groups excluding carboxylic acids is 1. The van der Waals surface area contributed by atoms with Gasteiger partial charge in [0.05, 0.1) is 26.0 Å². The summed E-state index contributed by atoms with van der Waals surface area (Å²) < 4.78 is 5.31. The molecule has 184 valence electrons. The number of carbonyl (C=O) groups is 1. The Morgan fingerprint density at radius 2 is 1.71 bits per heavy atom. The van der Waals surface area contributed by atoms with Gasteiger partial charge in [-0.3, -0.25) is 19.5 Å². The third kappa shape index (κ3) is 6.59. The maximum atomic E-state index is 12.3. The highest BCUT2D eigenvalue weighted by Gasteiger charge is 2.20. The van der Waals surface area contributed by atoms with Gasteiger partial charge >= 0.3 is 0 Å². The molecular formula is C28H34N4O3. The number of methoxy groups -OCH3 is 1. The fourth-order valence-corrected chi connectivity index (χ4v) is 4.28. The lowest BCUT2D eigenvalue weighted by molar-refractivity contribution is -0.191. The van der Waals surface area contributed by atoms with E-state index in [9.17, 15) is 4.79 Å². The summed E-state index contributed by atoms with van der Waals surface area (Å²) in [6.07, 6.45) is 2.13. The first-order valence-corrected chi connectivity index (χ1v) is 12.2. The molecular weight excluding hydrogens is 440 g/mol. The number of anilines is 1. The summed E-state index contributed by atoms with van der Waals surface area (Å²) in [6, 6.07) is 22.5. The molecule has 0 spiro atoms. The molecule has 7 heteroatoms. The largest absolute Gasteiger partial charge is 0.497 e. The molecule has 1 saturated heterocycles. The van der Waals surface area contributed by atoms with Gasteiger partial charge in [-0.2, -0.15) is 0 Å². The van der Waals surface area contributed by atoms with Gasteiger partial charge < -0.3 is 9.64 Å². The van der Waals surface area contributed by atoms with Crippen LogP contribution in [0.4, 0.5) is 5.69 Å². The second kappa shape index (κ2) is 12.3. The third-order valence-electron chi connectivity index (χ3n) is 6.29. The van der Waals surface area contributed by atoms with E-state index in [0.717, 1.165) is 44.2 Å². The number of benzene rings is 2. The topological polar surface area (TPSA) is 58.1 Å². The van der Waals surface area contributed by atoms with Crippen LogP contribution in [0.2, 0.25) is 0 Å². The fourth-order valence-electron chi connectivity index (χ4n) is 4.28. The average Bonchev–Trinajstić information content (AvgIpc) is 2.93. The van der Waals surface area contributed by atoms with Crippen molar-refractivity contribution in [3.63, 3.8) is 0 Å². The highest BCUT2D eigenvalue weighted by atomic mass is 16.7. The molecule has 0 aliphatic carbocycles. The van der Waals surface area contributed by atoms with Gasteiger partial charge in [-0.25, -0.2) is 5.06 Å². The van der Waals surface area contributed by atoms with Gasteiger partial charge in [0.2, 0.25) is 5.91 Å². The number of hydrogen-bond acceptors (Lipinski definition) is 6. The molecule has 1 fully saturated rings. The molecule has 1 amide bonds. The van der Waals surface area contributed by atoms with Gasteiger partial charge in [0.25, 0.3) is 0 Å². The Balaban J connectivity index is 1.30. The summed E-state index contributed by atoms with van der Waals surface area (Å²) >= 11 is 0. The maximum Gasteiger partial charge on any atom is 0.246 e. The lowest BCUT2D eigenvalue weighted by Crippen LogP contribution is -2.48. The molecule has 1 aromatic heterocycles. The van der Waals surface area contributed by atoms with Crippen molar-refractivity contribution in [3.05, 3.63) is 78.6 Å². The lowest BCUT2D eigenvalue weighted by atomic mass is 10.0. The molecule has 3 aromatic rings. The van der Waals surface area contributed by atoms with Crippen LogP contribution in [0.15, 0.2) is 72.9 Å². The number of amides is 1. The van der Waals surface area contributed by atoms with Crippen molar-refractivity contribution < 1.29 is 14.4 Å². The summed E-state index contributed by atoms with van der Waals surface area (Å²) in [6.45, 7) is 7.25. The lowest BCUT2D eigenvalue weighted by Gasteiger charge is -2.37. The number of rotatable bonds is 10. The molecule has 35 heavy (non-hydrogen) atoms. The highest BCUT2D eigenvalue weighted by molar-refractivity contribution is 5.79. The van der Waals surface area contributed by atoms with Crippen molar-refractivity contribution in [2.24, 2.45) is 0 Å². The summed E-state index contributed by atoms with van der Waals surface area (Å²) in [5, 5.41) is 1.45. The predicted octanol–water partition coefficient (Wildman–Crippen LogP) is 4.25. The van der Waals surface area contributed by atoms with Crippen LogP contribution in [0, 0.1) is 0 Å². The Morgan fingerprint density at radius 3 is 2.40 bits per heavy atom. The van der Waals surface area contributed by atoms with Crippen LogP contribution >= 0.6 is 0 Å². The van der Waals surface area contributed by atoms with Gasteiger partial charge in [0.15, 0.2) is 0 Å². The minimum absolute atomic E-state index is 0.0318. The van der Waals surface area contributed by atoms with Crippen LogP contribution in [-0.2, 0) is 16.2 Å². The zero-order valence-electron chi connectivity index (χ0n) is 20.6. The molecule has 0 radical (unpaired) electrons. The van der Waals surface area contributed by atoms with E-state index < -0.39 is 0 Å². The van der Waals surface area contributed by atoms with Gasteiger partial charge in [-0.1, -0.05) is 43.3 Å². The number of para-hydroxylation sites is 1. The first-order valence-electron chi connectivity index (χ1n) is 12.2. The second-order valence-corrected chi connectivity index (χ2v) is 8.51. The van der Waals surface area contributed by atoms with Crippen LogP contribution in [0.25, 0.3) is 11.1 Å². The number of hydroxylamine groups is 2. The summed E-state index contributed by atoms with van der Waals surface area (Å²) in [5.74, 6) is 0.830. The first kappa shape index (κ1) is 24.7. The summed E-state index contributed by atoms with van der Waals surface area (Å²) in [5.41, 5.74) is 4.49. The van der Waals surface area contributed by atoms with E-state index in [1.807, 2.05) is 37.3 Å². The number of aromatic nitrogens is 1. The highest BCUT2D eigenvalue weighted by Crippen LogP contribution is 2.32. The molecule has 0 N–H and O–H groups in total. The van der Waals surface area contributed by atoms with E-state index in [1.165, 1.54) is 21.9 Å². The van der Waals surface area contributed by atoms with Crippen LogP contribution in [0.5, 0.6) is 5.75 Å². The zero-order chi connectivity index (χ0) is 24.5. The number of hydrogen-bond donors (Lipinski definition) is 0. The van der Waals surface area contributed by atoms with E-state index in [1.54, 1.807) is 13.3 Å². The van der Waals surface area contributed by atoms with Crippen LogP contribution in [0.3, 0.4) is 0 Å². The van der Waals surface area contributed by atoms with Crippen LogP contribution in [-0.4, -0.2) is 67.3 Å². The van der Waals surface area contributed by atoms with Crippen LogP contribution < -0.4 is 9.64 Å². The fraction of sp³-hybridized carbons (Fsp3) is 0.357. The standard InChI is InChI=1S/C28H34N4O3/c1-3-28(33)32(22-24-8-6-7-15-29-24)35-21-20-30-16-18-31(19-17-30)27-10-5-4-9-26(27)23-11-13-25(34-2)14-12-23/h4-15H,3,16-22H2,1-2H3. The Hall–Kier alpha value is -3.42. The molecule has 2 aromatic carbocycles. The molecule has 0 saturated carbocycles. The smallest absolute Gasteiger partial charge is 0.246 e. The van der Waals surface area contributed by atoms with Crippen molar-refractivity contribution in [2.75, 3.05) is 51.3 Å². The van der Waals surface area contributed by atoms with E-state index in [0.29, 0.717) is 19.6 Å². The minimum atomic E-state index is -0.0318. The molecule has 4 rings (SSSR count). The number of piperazine rings is 1. The number of ether oxygens (including phenoxy) is 1. The van der Waals surface area contributed by atoms with Gasteiger partial charge in [0.1, 0.15) is 5.75 Å². The first-order chi connectivity index (χ1) is 17.2. The molecule has 0 unspecified atom stereocenters. The Bertz CT molecular complexity index is 1070. The summed E-state index contributed by atoms with van der Waals surface area (Å²) in [4.78, 5) is 27.4. The molecule has 1 aliphatic heterocycles. The molecule has 7 nitrogen and oxygen atoms in total. The minimum Gasteiger partial charge on any atom is -0.497 e. The van der Waals surface area contributed by atoms with Gasteiger partial charge in [0, 0.05) is 56.6 Å². The van der Waals surface area contributed by atoms with Crippen molar-refractivity contribution in [3.8, 4) is 16.9 Å². The monoisotopic (exact) mass is 474 g/mol. The normalized spacial score (nSPS) is 14.1. The van der Waals surface area contributed by atoms with Crippen molar-refractivity contribution in [1.82, 2.24) is 14.9 Å². The van der Waals surface area contributed by atoms with E-state index in [4.69, 9.17) is 9.57 Å². The van der Waals surface area contributed by atoms with Gasteiger partial charge in [-0.05, 0) is 35.9 Å². The SMILES string of the molecule is CCC(=O)N(Cc1ccccn1)OCCN1CCN(c2ccccc2-c2ccc(OC)cc2)CC1. The molecule has 0 atom stereocenters. The molecule has 1 aliphatic rings. The van der Waals surface area contributed by atoms with E-state index in [-0.39, 0.29) is 5.91 Å². The quantitative estimate of drug-likeness (QED) is 0.410. The molecule has 0 bridgehead atoms. The van der Waals surface area contributed by atoms with E-state index >= 15 is 0 Å². The Kier molecular flexibility index (Phi) is 8.70. The average molecular weight is 475 g/mol. The molecule has 2 heterocycles. The van der Waals surface area contributed by atoms with E-state index in [2.05, 4.69) is 51.2 Å². The number of nitrogens with zero attached hydrogens (tertiary/aromatic N) is 4. The summed E-state index contributed by atoms with van der Waals surface area (Å²) in [7, 11) is 1.69. The Morgan fingerprint density at radius 1 is 0.971 bits per heavy atom. The van der Waals surface area contributed by atoms with Crippen molar-refractivity contribution in [2.45, 2.75) is 19.9 Å². The third-order valence-corrected chi connectivity index (χ3v) is 6.29. The van der Waals surface area contributed by atoms with Crippen molar-refractivity contribution in [1.29, 1.82) is 0 Å². The number of pyridine rings is 1. The van der Waals surface area contributed by atoms with Gasteiger partial charge in [-0.15, -0.1) is 0 Å². The second-order valence-electron chi connectivity index (χ2n) is 8.51.